The Morgan fingerprint density at radius 1 is 1.07 bits per heavy atom. The molecule has 1 aromatic carbocycles. The van der Waals surface area contributed by atoms with Crippen LogP contribution in [0, 0.1) is 6.92 Å². The Morgan fingerprint density at radius 3 is 2.38 bits per heavy atom. The summed E-state index contributed by atoms with van der Waals surface area (Å²) in [5.74, 6) is -0.454. The van der Waals surface area contributed by atoms with E-state index in [0.717, 1.165) is 22.5 Å². The molecule has 1 aliphatic heterocycles. The van der Waals surface area contributed by atoms with E-state index in [4.69, 9.17) is 10.5 Å². The van der Waals surface area contributed by atoms with Crippen LogP contribution in [0.25, 0.3) is 11.3 Å². The molecular formula is C22H28N4O3. The van der Waals surface area contributed by atoms with E-state index in [1.54, 1.807) is 23.2 Å². The van der Waals surface area contributed by atoms with Crippen molar-refractivity contribution in [2.24, 2.45) is 5.73 Å². The van der Waals surface area contributed by atoms with Gasteiger partial charge in [-0.1, -0.05) is 0 Å². The molecule has 0 bridgehead atoms. The molecule has 29 heavy (non-hydrogen) atoms. The van der Waals surface area contributed by atoms with Crippen molar-refractivity contribution in [2.75, 3.05) is 31.1 Å². The fourth-order valence-corrected chi connectivity index (χ4v) is 3.32. The van der Waals surface area contributed by atoms with Gasteiger partial charge in [0, 0.05) is 49.2 Å². The molecule has 1 saturated heterocycles. The second kappa shape index (κ2) is 8.11. The molecule has 1 aromatic heterocycles. The molecular weight excluding hydrogens is 368 g/mol. The number of primary amides is 1. The molecule has 1 fully saturated rings. The zero-order chi connectivity index (χ0) is 21.2. The molecule has 1 aliphatic rings. The van der Waals surface area contributed by atoms with E-state index < -0.39 is 11.5 Å². The number of anilines is 1. The van der Waals surface area contributed by atoms with Gasteiger partial charge in [-0.05, 0) is 63.6 Å². The van der Waals surface area contributed by atoms with Gasteiger partial charge in [0.1, 0.15) is 5.60 Å². The van der Waals surface area contributed by atoms with Crippen LogP contribution in [0.4, 0.5) is 10.5 Å². The van der Waals surface area contributed by atoms with Crippen molar-refractivity contribution in [3.05, 3.63) is 47.7 Å². The van der Waals surface area contributed by atoms with Crippen LogP contribution in [0.3, 0.4) is 0 Å². The number of amides is 2. The number of pyridine rings is 1. The van der Waals surface area contributed by atoms with Gasteiger partial charge in [0.15, 0.2) is 0 Å². The lowest BCUT2D eigenvalue weighted by Gasteiger charge is -2.36. The summed E-state index contributed by atoms with van der Waals surface area (Å²) in [6, 6.07) is 9.48. The topological polar surface area (TPSA) is 88.8 Å². The summed E-state index contributed by atoms with van der Waals surface area (Å²) in [5.41, 5.74) is 9.04. The molecule has 0 saturated carbocycles. The lowest BCUT2D eigenvalue weighted by Crippen LogP contribution is -2.50. The summed E-state index contributed by atoms with van der Waals surface area (Å²) in [6.07, 6.45) is 1.49. The normalized spacial score (nSPS) is 14.6. The highest BCUT2D eigenvalue weighted by Crippen LogP contribution is 2.25. The highest BCUT2D eigenvalue weighted by atomic mass is 16.6. The monoisotopic (exact) mass is 396 g/mol. The van der Waals surface area contributed by atoms with Gasteiger partial charge in [0.25, 0.3) is 0 Å². The maximum absolute atomic E-state index is 12.3. The van der Waals surface area contributed by atoms with E-state index in [9.17, 15) is 9.59 Å². The maximum Gasteiger partial charge on any atom is 0.410 e. The average molecular weight is 396 g/mol. The Morgan fingerprint density at radius 2 is 1.76 bits per heavy atom. The number of ether oxygens (including phenoxy) is 1. The molecule has 2 N–H and O–H groups in total. The zero-order valence-electron chi connectivity index (χ0n) is 17.4. The largest absolute Gasteiger partial charge is 0.444 e. The SMILES string of the molecule is Cc1cc(C(N)=O)cc(-c2cc(N3CCN(C(=O)OC(C)(C)C)CC3)ccn2)c1. The first kappa shape index (κ1) is 20.6. The number of hydrogen-bond acceptors (Lipinski definition) is 5. The first-order valence-corrected chi connectivity index (χ1v) is 9.73. The number of benzene rings is 1. The minimum Gasteiger partial charge on any atom is -0.444 e. The Balaban J connectivity index is 1.73. The van der Waals surface area contributed by atoms with Crippen LogP contribution in [0.15, 0.2) is 36.5 Å². The lowest BCUT2D eigenvalue weighted by molar-refractivity contribution is 0.0240. The predicted molar refractivity (Wildman–Crippen MR) is 113 cm³/mol. The van der Waals surface area contributed by atoms with Crippen LogP contribution >= 0.6 is 0 Å². The molecule has 7 heteroatoms. The summed E-state index contributed by atoms with van der Waals surface area (Å²) in [6.45, 7) is 10.2. The number of hydrogen-bond donors (Lipinski definition) is 1. The van der Waals surface area contributed by atoms with E-state index >= 15 is 0 Å². The van der Waals surface area contributed by atoms with Crippen LogP contribution in [0.1, 0.15) is 36.7 Å². The second-order valence-electron chi connectivity index (χ2n) is 8.31. The molecule has 0 spiro atoms. The van der Waals surface area contributed by atoms with Crippen molar-refractivity contribution in [1.29, 1.82) is 0 Å². The van der Waals surface area contributed by atoms with E-state index in [2.05, 4.69) is 9.88 Å². The fraction of sp³-hybridized carbons (Fsp3) is 0.409. The molecule has 3 rings (SSSR count). The van der Waals surface area contributed by atoms with Crippen molar-refractivity contribution < 1.29 is 14.3 Å². The van der Waals surface area contributed by atoms with Gasteiger partial charge in [-0.3, -0.25) is 9.78 Å². The van der Waals surface area contributed by atoms with Gasteiger partial charge in [0.05, 0.1) is 5.69 Å². The van der Waals surface area contributed by atoms with Crippen LogP contribution in [-0.4, -0.2) is 53.7 Å². The molecule has 2 amide bonds. The van der Waals surface area contributed by atoms with Crippen molar-refractivity contribution in [2.45, 2.75) is 33.3 Å². The Kier molecular flexibility index (Phi) is 5.77. The van der Waals surface area contributed by atoms with E-state index in [0.29, 0.717) is 31.7 Å². The maximum atomic E-state index is 12.3. The van der Waals surface area contributed by atoms with E-state index in [1.807, 2.05) is 45.9 Å². The Bertz CT molecular complexity index is 913. The van der Waals surface area contributed by atoms with Gasteiger partial charge in [-0.2, -0.15) is 0 Å². The summed E-state index contributed by atoms with van der Waals surface area (Å²) in [5, 5.41) is 0. The van der Waals surface area contributed by atoms with Gasteiger partial charge in [0.2, 0.25) is 5.91 Å². The third kappa shape index (κ3) is 5.25. The Hall–Kier alpha value is -3.09. The van der Waals surface area contributed by atoms with Crippen LogP contribution in [-0.2, 0) is 4.74 Å². The minimum absolute atomic E-state index is 0.272. The number of rotatable bonds is 3. The van der Waals surface area contributed by atoms with Crippen molar-refractivity contribution in [3.63, 3.8) is 0 Å². The molecule has 0 unspecified atom stereocenters. The smallest absolute Gasteiger partial charge is 0.410 e. The quantitative estimate of drug-likeness (QED) is 0.861. The molecule has 154 valence electrons. The highest BCUT2D eigenvalue weighted by molar-refractivity contribution is 5.94. The first-order chi connectivity index (χ1) is 13.6. The number of nitrogens with two attached hydrogens (primary N) is 1. The molecule has 2 aromatic rings. The first-order valence-electron chi connectivity index (χ1n) is 9.73. The number of nitrogens with zero attached hydrogens (tertiary/aromatic N) is 3. The number of aryl methyl sites for hydroxylation is 1. The number of piperazine rings is 1. The zero-order valence-corrected chi connectivity index (χ0v) is 17.4. The standard InChI is InChI=1S/C22H28N4O3/c1-15-11-16(13-17(12-15)20(23)27)19-14-18(5-6-24-19)25-7-9-26(10-8-25)21(28)29-22(2,3)4/h5-6,11-14H,7-10H2,1-4H3,(H2,23,27). The summed E-state index contributed by atoms with van der Waals surface area (Å²) < 4.78 is 5.46. The van der Waals surface area contributed by atoms with Gasteiger partial charge >= 0.3 is 6.09 Å². The molecule has 2 heterocycles. The average Bonchev–Trinajstić information content (AvgIpc) is 2.66. The lowest BCUT2D eigenvalue weighted by atomic mass is 10.0. The molecule has 0 atom stereocenters. The molecule has 0 aliphatic carbocycles. The van der Waals surface area contributed by atoms with Crippen molar-refractivity contribution in [1.82, 2.24) is 9.88 Å². The highest BCUT2D eigenvalue weighted by Gasteiger charge is 2.26. The van der Waals surface area contributed by atoms with E-state index in [-0.39, 0.29) is 6.09 Å². The summed E-state index contributed by atoms with van der Waals surface area (Å²) in [7, 11) is 0. The van der Waals surface area contributed by atoms with Crippen molar-refractivity contribution >= 4 is 17.7 Å². The number of aromatic nitrogens is 1. The number of carbonyl (C=O) groups excluding carboxylic acids is 2. The summed E-state index contributed by atoms with van der Waals surface area (Å²) >= 11 is 0. The number of carbonyl (C=O) groups is 2. The second-order valence-corrected chi connectivity index (χ2v) is 8.31. The van der Waals surface area contributed by atoms with Crippen LogP contribution < -0.4 is 10.6 Å². The Labute approximate surface area is 171 Å². The van der Waals surface area contributed by atoms with Gasteiger partial charge in [-0.15, -0.1) is 0 Å². The molecule has 0 radical (unpaired) electrons. The summed E-state index contributed by atoms with van der Waals surface area (Å²) in [4.78, 5) is 32.3. The van der Waals surface area contributed by atoms with Crippen LogP contribution in [0.2, 0.25) is 0 Å². The van der Waals surface area contributed by atoms with Gasteiger partial charge < -0.3 is 20.3 Å². The van der Waals surface area contributed by atoms with Crippen LogP contribution in [0.5, 0.6) is 0 Å². The van der Waals surface area contributed by atoms with Gasteiger partial charge in [-0.25, -0.2) is 4.79 Å². The molecule has 7 nitrogen and oxygen atoms in total. The third-order valence-electron chi connectivity index (χ3n) is 4.70. The fourth-order valence-electron chi connectivity index (χ4n) is 3.32. The third-order valence-corrected chi connectivity index (χ3v) is 4.70. The minimum atomic E-state index is -0.494. The predicted octanol–water partition coefficient (Wildman–Crippen LogP) is 3.21. The van der Waals surface area contributed by atoms with E-state index in [1.165, 1.54) is 0 Å². The van der Waals surface area contributed by atoms with Crippen molar-refractivity contribution in [3.8, 4) is 11.3 Å².